The zero-order valence-electron chi connectivity index (χ0n) is 13.3. The molecule has 22 heavy (non-hydrogen) atoms. The van der Waals surface area contributed by atoms with Crippen molar-refractivity contribution in [1.82, 2.24) is 0 Å². The maximum absolute atomic E-state index is 12.0. The number of methoxy groups -OCH3 is 1. The van der Waals surface area contributed by atoms with Crippen LogP contribution < -0.4 is 0 Å². The highest BCUT2D eigenvalue weighted by Crippen LogP contribution is 2.38. The van der Waals surface area contributed by atoms with Gasteiger partial charge >= 0.3 is 5.97 Å². The van der Waals surface area contributed by atoms with Gasteiger partial charge in [-0.05, 0) is 11.5 Å². The van der Waals surface area contributed by atoms with Crippen LogP contribution >= 0.6 is 0 Å². The van der Waals surface area contributed by atoms with Crippen molar-refractivity contribution in [2.75, 3.05) is 13.7 Å². The van der Waals surface area contributed by atoms with Crippen LogP contribution in [0.1, 0.15) is 25.8 Å². The quantitative estimate of drug-likeness (QED) is 0.620. The van der Waals surface area contributed by atoms with Crippen LogP contribution in [0.5, 0.6) is 0 Å². The van der Waals surface area contributed by atoms with Gasteiger partial charge in [0.25, 0.3) is 0 Å². The van der Waals surface area contributed by atoms with Gasteiger partial charge in [0, 0.05) is 11.8 Å². The average Bonchev–Trinajstić information content (AvgIpc) is 2.51. The van der Waals surface area contributed by atoms with Crippen molar-refractivity contribution in [3.05, 3.63) is 47.5 Å². The van der Waals surface area contributed by atoms with Gasteiger partial charge in [0.05, 0.1) is 25.9 Å². The van der Waals surface area contributed by atoms with E-state index in [2.05, 4.69) is 0 Å². The first-order chi connectivity index (χ1) is 10.5. The standard InChI is InChI=1S/C18H22O4/c1-13-9-16(19)15(17(20)21-3)10-18(13,2)12-22-11-14-7-5-4-6-8-14/h4-8,10,13H,9,11-12H2,1-3H3/t13-,18-/m0/s1. The number of carbonyl (C=O) groups is 2. The van der Waals surface area contributed by atoms with Crippen molar-refractivity contribution < 1.29 is 19.1 Å². The lowest BCUT2D eigenvalue weighted by Gasteiger charge is -2.36. The van der Waals surface area contributed by atoms with E-state index in [0.29, 0.717) is 19.6 Å². The molecule has 0 unspecified atom stereocenters. The highest BCUT2D eigenvalue weighted by molar-refractivity contribution is 6.17. The van der Waals surface area contributed by atoms with Crippen molar-refractivity contribution in [1.29, 1.82) is 0 Å². The highest BCUT2D eigenvalue weighted by atomic mass is 16.5. The Morgan fingerprint density at radius 1 is 1.32 bits per heavy atom. The monoisotopic (exact) mass is 302 g/mol. The maximum atomic E-state index is 12.0. The van der Waals surface area contributed by atoms with Gasteiger partial charge in [0.1, 0.15) is 0 Å². The molecule has 4 nitrogen and oxygen atoms in total. The van der Waals surface area contributed by atoms with E-state index in [0.717, 1.165) is 5.56 Å². The van der Waals surface area contributed by atoms with Gasteiger partial charge in [0.15, 0.2) is 5.78 Å². The molecule has 0 saturated carbocycles. The van der Waals surface area contributed by atoms with E-state index in [1.807, 2.05) is 44.2 Å². The number of carbonyl (C=O) groups excluding carboxylic acids is 2. The minimum Gasteiger partial charge on any atom is -0.465 e. The molecule has 0 heterocycles. The Morgan fingerprint density at radius 2 is 2.00 bits per heavy atom. The molecule has 0 bridgehead atoms. The smallest absolute Gasteiger partial charge is 0.341 e. The molecule has 2 rings (SSSR count). The zero-order valence-corrected chi connectivity index (χ0v) is 13.3. The number of benzene rings is 1. The molecule has 0 fully saturated rings. The molecular weight excluding hydrogens is 280 g/mol. The molecule has 4 heteroatoms. The molecule has 1 aromatic rings. The van der Waals surface area contributed by atoms with Crippen LogP contribution in [-0.2, 0) is 25.7 Å². The van der Waals surface area contributed by atoms with Gasteiger partial charge in [-0.3, -0.25) is 4.79 Å². The van der Waals surface area contributed by atoms with Crippen LogP contribution in [-0.4, -0.2) is 25.5 Å². The first-order valence-electron chi connectivity index (χ1n) is 7.42. The number of esters is 1. The summed E-state index contributed by atoms with van der Waals surface area (Å²) in [5, 5.41) is 0. The lowest BCUT2D eigenvalue weighted by Crippen LogP contribution is -2.37. The topological polar surface area (TPSA) is 52.6 Å². The number of ether oxygens (including phenoxy) is 2. The minimum atomic E-state index is -0.564. The fourth-order valence-electron chi connectivity index (χ4n) is 2.60. The second-order valence-corrected chi connectivity index (χ2v) is 6.06. The van der Waals surface area contributed by atoms with E-state index in [4.69, 9.17) is 9.47 Å². The summed E-state index contributed by atoms with van der Waals surface area (Å²) in [6, 6.07) is 9.91. The van der Waals surface area contributed by atoms with Gasteiger partial charge in [-0.25, -0.2) is 4.79 Å². The van der Waals surface area contributed by atoms with Gasteiger partial charge in [0.2, 0.25) is 0 Å². The lowest BCUT2D eigenvalue weighted by atomic mass is 9.70. The molecule has 0 saturated heterocycles. The zero-order chi connectivity index (χ0) is 16.2. The summed E-state index contributed by atoms with van der Waals surface area (Å²) in [6.45, 7) is 4.99. The van der Waals surface area contributed by atoms with Crippen LogP contribution in [0.3, 0.4) is 0 Å². The summed E-state index contributed by atoms with van der Waals surface area (Å²) in [6.07, 6.45) is 2.06. The predicted molar refractivity (Wildman–Crippen MR) is 83.1 cm³/mol. The number of hydrogen-bond donors (Lipinski definition) is 0. The summed E-state index contributed by atoms with van der Waals surface area (Å²) < 4.78 is 10.5. The SMILES string of the molecule is COC(=O)C1=C[C@@](C)(COCc2ccccc2)[C@@H](C)CC1=O. The maximum Gasteiger partial charge on any atom is 0.341 e. The third kappa shape index (κ3) is 3.63. The van der Waals surface area contributed by atoms with Gasteiger partial charge in [-0.2, -0.15) is 0 Å². The van der Waals surface area contributed by atoms with E-state index < -0.39 is 5.97 Å². The average molecular weight is 302 g/mol. The fourth-order valence-corrected chi connectivity index (χ4v) is 2.60. The van der Waals surface area contributed by atoms with Crippen LogP contribution in [0, 0.1) is 11.3 Å². The second-order valence-electron chi connectivity index (χ2n) is 6.06. The van der Waals surface area contributed by atoms with E-state index in [1.165, 1.54) is 7.11 Å². The van der Waals surface area contributed by atoms with Crippen molar-refractivity contribution in [2.45, 2.75) is 26.9 Å². The molecular formula is C18H22O4. The molecule has 0 amide bonds. The number of hydrogen-bond acceptors (Lipinski definition) is 4. The molecule has 0 spiro atoms. The largest absolute Gasteiger partial charge is 0.465 e. The summed E-state index contributed by atoms with van der Waals surface area (Å²) in [5.41, 5.74) is 0.890. The highest BCUT2D eigenvalue weighted by Gasteiger charge is 2.39. The molecule has 1 aliphatic rings. The summed E-state index contributed by atoms with van der Waals surface area (Å²) in [7, 11) is 1.29. The molecule has 1 aromatic carbocycles. The Morgan fingerprint density at radius 3 is 2.64 bits per heavy atom. The van der Waals surface area contributed by atoms with E-state index in [9.17, 15) is 9.59 Å². The molecule has 2 atom stereocenters. The Bertz CT molecular complexity index is 576. The third-order valence-electron chi connectivity index (χ3n) is 4.32. The normalized spacial score (nSPS) is 24.8. The molecule has 0 aliphatic heterocycles. The number of rotatable bonds is 5. The van der Waals surface area contributed by atoms with Crippen molar-refractivity contribution in [3.8, 4) is 0 Å². The van der Waals surface area contributed by atoms with Crippen LogP contribution in [0.4, 0.5) is 0 Å². The first kappa shape index (κ1) is 16.4. The molecule has 1 aliphatic carbocycles. The Balaban J connectivity index is 2.07. The molecule has 118 valence electrons. The minimum absolute atomic E-state index is 0.115. The fraction of sp³-hybridized carbons (Fsp3) is 0.444. The van der Waals surface area contributed by atoms with Gasteiger partial charge in [-0.1, -0.05) is 50.3 Å². The Hall–Kier alpha value is -1.94. The van der Waals surface area contributed by atoms with Gasteiger partial charge < -0.3 is 9.47 Å². The Labute approximate surface area is 131 Å². The summed E-state index contributed by atoms with van der Waals surface area (Å²) in [5.74, 6) is -0.602. The van der Waals surface area contributed by atoms with Crippen molar-refractivity contribution in [2.24, 2.45) is 11.3 Å². The summed E-state index contributed by atoms with van der Waals surface area (Å²) >= 11 is 0. The van der Waals surface area contributed by atoms with E-state index in [1.54, 1.807) is 6.08 Å². The second kappa shape index (κ2) is 6.88. The molecule has 0 radical (unpaired) electrons. The third-order valence-corrected chi connectivity index (χ3v) is 4.32. The van der Waals surface area contributed by atoms with Gasteiger partial charge in [-0.15, -0.1) is 0 Å². The first-order valence-corrected chi connectivity index (χ1v) is 7.42. The van der Waals surface area contributed by atoms with Crippen LogP contribution in [0.2, 0.25) is 0 Å². The van der Waals surface area contributed by atoms with E-state index >= 15 is 0 Å². The van der Waals surface area contributed by atoms with E-state index in [-0.39, 0.29) is 22.7 Å². The Kier molecular flexibility index (Phi) is 5.14. The predicted octanol–water partition coefficient (Wildman–Crippen LogP) is 2.92. The van der Waals surface area contributed by atoms with Crippen molar-refractivity contribution in [3.63, 3.8) is 0 Å². The van der Waals surface area contributed by atoms with Crippen LogP contribution in [0.15, 0.2) is 42.0 Å². The number of Topliss-reactive ketones (excluding diaryl/α,β-unsaturated/α-hetero) is 1. The number of ketones is 1. The van der Waals surface area contributed by atoms with Crippen molar-refractivity contribution >= 4 is 11.8 Å². The molecule has 0 aromatic heterocycles. The molecule has 0 N–H and O–H groups in total. The summed E-state index contributed by atoms with van der Waals surface area (Å²) in [4.78, 5) is 23.7. The lowest BCUT2D eigenvalue weighted by molar-refractivity contribution is -0.138. The van der Waals surface area contributed by atoms with Crippen LogP contribution in [0.25, 0.3) is 0 Å².